The summed E-state index contributed by atoms with van der Waals surface area (Å²) < 4.78 is 5.65. The Bertz CT molecular complexity index is 435. The summed E-state index contributed by atoms with van der Waals surface area (Å²) >= 11 is 0. The van der Waals surface area contributed by atoms with Crippen molar-refractivity contribution in [3.8, 4) is 0 Å². The van der Waals surface area contributed by atoms with Crippen LogP contribution in [0, 0.1) is 0 Å². The lowest BCUT2D eigenvalue weighted by Crippen LogP contribution is -2.44. The predicted molar refractivity (Wildman–Crippen MR) is 72.8 cm³/mol. The first-order valence-electron chi connectivity index (χ1n) is 6.42. The molecule has 1 aromatic heterocycles. The molecule has 104 valence electrons. The van der Waals surface area contributed by atoms with Crippen LogP contribution in [0.3, 0.4) is 0 Å². The van der Waals surface area contributed by atoms with E-state index < -0.39 is 0 Å². The highest BCUT2D eigenvalue weighted by molar-refractivity contribution is 5.94. The van der Waals surface area contributed by atoms with E-state index in [1.54, 1.807) is 12.1 Å². The van der Waals surface area contributed by atoms with Crippen LogP contribution in [0.2, 0.25) is 0 Å². The first-order valence-corrected chi connectivity index (χ1v) is 6.42. The number of nitrogens with two attached hydrogens (primary N) is 1. The maximum absolute atomic E-state index is 12.1. The minimum atomic E-state index is -0.141. The number of nitrogens with zero attached hydrogens (tertiary/aromatic N) is 2. The lowest BCUT2D eigenvalue weighted by atomic mass is 10.2. The fraction of sp³-hybridized carbons (Fsp3) is 0.538. The average molecular weight is 264 g/mol. The number of nitrogen functional groups attached to an aromatic ring is 1. The minimum absolute atomic E-state index is 0.00926. The highest BCUT2D eigenvalue weighted by Crippen LogP contribution is 2.13. The molecule has 0 radical (unpaired) electrons. The van der Waals surface area contributed by atoms with Crippen LogP contribution >= 0.6 is 0 Å². The molecule has 1 saturated heterocycles. The number of anilines is 1. The Kier molecular flexibility index (Phi) is 4.34. The second-order valence-corrected chi connectivity index (χ2v) is 4.77. The van der Waals surface area contributed by atoms with Gasteiger partial charge in [-0.1, -0.05) is 0 Å². The number of carbonyl (C=O) groups excluding carboxylic acids is 1. The van der Waals surface area contributed by atoms with Crippen molar-refractivity contribution in [2.24, 2.45) is 0 Å². The van der Waals surface area contributed by atoms with Gasteiger partial charge < -0.3 is 20.7 Å². The molecule has 2 atom stereocenters. The Balaban J connectivity index is 1.99. The second-order valence-electron chi connectivity index (χ2n) is 4.77. The number of likely N-dealkylation sites (N-methyl/N-ethyl adjacent to an activating group) is 1. The number of likely N-dealkylation sites (tertiary alicyclic amines) is 1. The zero-order valence-corrected chi connectivity index (χ0v) is 11.3. The van der Waals surface area contributed by atoms with Crippen molar-refractivity contribution in [1.82, 2.24) is 15.2 Å². The zero-order valence-electron chi connectivity index (χ0n) is 11.3. The third-order valence-electron chi connectivity index (χ3n) is 3.19. The normalized spacial score (nSPS) is 23.5. The summed E-state index contributed by atoms with van der Waals surface area (Å²) in [5.74, 6) is 0.266. The molecular formula is C13H20N4O2. The molecule has 6 heteroatoms. The standard InChI is InChI=1S/C13H20N4O2/c1-3-19-11-8-17(2)7-10(11)16-13(18)9-4-5-12(14)15-6-9/h4-6,10-11H,3,7-8H2,1-2H3,(H2,14,15)(H,16,18)/t10-,11-/m0/s1. The van der Waals surface area contributed by atoms with Gasteiger partial charge >= 0.3 is 0 Å². The van der Waals surface area contributed by atoms with Crippen molar-refractivity contribution < 1.29 is 9.53 Å². The van der Waals surface area contributed by atoms with Gasteiger partial charge in [0.15, 0.2) is 0 Å². The number of carbonyl (C=O) groups is 1. The topological polar surface area (TPSA) is 80.5 Å². The molecule has 1 amide bonds. The summed E-state index contributed by atoms with van der Waals surface area (Å²) in [5.41, 5.74) is 6.01. The van der Waals surface area contributed by atoms with Crippen LogP contribution in [0.5, 0.6) is 0 Å². The van der Waals surface area contributed by atoms with E-state index in [0.717, 1.165) is 13.1 Å². The van der Waals surface area contributed by atoms with Gasteiger partial charge in [-0.2, -0.15) is 0 Å². The average Bonchev–Trinajstić information content (AvgIpc) is 2.71. The van der Waals surface area contributed by atoms with Crippen LogP contribution in [0.15, 0.2) is 18.3 Å². The summed E-state index contributed by atoms with van der Waals surface area (Å²) in [4.78, 5) is 18.2. The van der Waals surface area contributed by atoms with E-state index in [1.807, 2.05) is 14.0 Å². The number of nitrogens with one attached hydrogen (secondary N) is 1. The molecule has 19 heavy (non-hydrogen) atoms. The van der Waals surface area contributed by atoms with Gasteiger partial charge in [0.2, 0.25) is 0 Å². The minimum Gasteiger partial charge on any atom is -0.384 e. The molecule has 0 unspecified atom stereocenters. The lowest BCUT2D eigenvalue weighted by Gasteiger charge is -2.19. The van der Waals surface area contributed by atoms with Gasteiger partial charge in [-0.3, -0.25) is 4.79 Å². The van der Waals surface area contributed by atoms with Gasteiger partial charge in [0.25, 0.3) is 5.91 Å². The van der Waals surface area contributed by atoms with Crippen LogP contribution in [-0.4, -0.2) is 54.7 Å². The van der Waals surface area contributed by atoms with E-state index in [1.165, 1.54) is 6.20 Å². The Morgan fingerprint density at radius 1 is 1.58 bits per heavy atom. The monoisotopic (exact) mass is 264 g/mol. The second kappa shape index (κ2) is 5.99. The first-order chi connectivity index (χ1) is 9.10. The number of hydrogen-bond donors (Lipinski definition) is 2. The Morgan fingerprint density at radius 2 is 2.37 bits per heavy atom. The van der Waals surface area contributed by atoms with Gasteiger partial charge in [0, 0.05) is 25.9 Å². The van der Waals surface area contributed by atoms with Gasteiger partial charge in [-0.25, -0.2) is 4.98 Å². The molecule has 6 nitrogen and oxygen atoms in total. The third kappa shape index (κ3) is 3.42. The molecule has 0 spiro atoms. The van der Waals surface area contributed by atoms with Gasteiger partial charge in [-0.05, 0) is 26.1 Å². The number of pyridine rings is 1. The van der Waals surface area contributed by atoms with Crippen molar-refractivity contribution in [3.05, 3.63) is 23.9 Å². The van der Waals surface area contributed by atoms with E-state index in [9.17, 15) is 4.79 Å². The molecule has 1 fully saturated rings. The van der Waals surface area contributed by atoms with Crippen LogP contribution in [0.4, 0.5) is 5.82 Å². The number of hydrogen-bond acceptors (Lipinski definition) is 5. The molecule has 3 N–H and O–H groups in total. The van der Waals surface area contributed by atoms with E-state index >= 15 is 0 Å². The number of ether oxygens (including phenoxy) is 1. The number of aromatic nitrogens is 1. The molecular weight excluding hydrogens is 244 g/mol. The summed E-state index contributed by atoms with van der Waals surface area (Å²) in [5, 5.41) is 2.99. The highest BCUT2D eigenvalue weighted by atomic mass is 16.5. The van der Waals surface area contributed by atoms with E-state index in [4.69, 9.17) is 10.5 Å². The SMILES string of the molecule is CCO[C@H]1CN(C)C[C@@H]1NC(=O)c1ccc(N)nc1. The maximum Gasteiger partial charge on any atom is 0.253 e. The van der Waals surface area contributed by atoms with Crippen LogP contribution in [0.1, 0.15) is 17.3 Å². The molecule has 1 aromatic rings. The molecule has 1 aliphatic heterocycles. The summed E-state index contributed by atoms with van der Waals surface area (Å²) in [7, 11) is 2.02. The van der Waals surface area contributed by atoms with Crippen LogP contribution in [0.25, 0.3) is 0 Å². The fourth-order valence-corrected chi connectivity index (χ4v) is 2.28. The number of amides is 1. The van der Waals surface area contributed by atoms with Gasteiger partial charge in [-0.15, -0.1) is 0 Å². The van der Waals surface area contributed by atoms with Crippen molar-refractivity contribution in [1.29, 1.82) is 0 Å². The maximum atomic E-state index is 12.1. The summed E-state index contributed by atoms with van der Waals surface area (Å²) in [6.07, 6.45) is 1.53. The van der Waals surface area contributed by atoms with E-state index in [0.29, 0.717) is 18.0 Å². The molecule has 2 heterocycles. The lowest BCUT2D eigenvalue weighted by molar-refractivity contribution is 0.0513. The third-order valence-corrected chi connectivity index (χ3v) is 3.19. The smallest absolute Gasteiger partial charge is 0.253 e. The Labute approximate surface area is 112 Å². The van der Waals surface area contributed by atoms with E-state index in [-0.39, 0.29) is 18.1 Å². The molecule has 0 aromatic carbocycles. The molecule has 0 bridgehead atoms. The van der Waals surface area contributed by atoms with Crippen molar-refractivity contribution in [2.45, 2.75) is 19.1 Å². The molecule has 1 aliphatic rings. The molecule has 2 rings (SSSR count). The summed E-state index contributed by atoms with van der Waals surface area (Å²) in [6.45, 7) is 4.23. The van der Waals surface area contributed by atoms with Gasteiger partial charge in [0.1, 0.15) is 5.82 Å². The highest BCUT2D eigenvalue weighted by Gasteiger charge is 2.32. The molecule has 0 saturated carbocycles. The van der Waals surface area contributed by atoms with Crippen molar-refractivity contribution >= 4 is 11.7 Å². The predicted octanol–water partition coefficient (Wildman–Crippen LogP) is 0.113. The molecule has 0 aliphatic carbocycles. The fourth-order valence-electron chi connectivity index (χ4n) is 2.28. The zero-order chi connectivity index (χ0) is 13.8. The number of rotatable bonds is 4. The quantitative estimate of drug-likeness (QED) is 0.807. The first kappa shape index (κ1) is 13.8. The summed E-state index contributed by atoms with van der Waals surface area (Å²) in [6, 6.07) is 3.30. The Morgan fingerprint density at radius 3 is 3.00 bits per heavy atom. The van der Waals surface area contributed by atoms with Crippen molar-refractivity contribution in [2.75, 3.05) is 32.5 Å². The van der Waals surface area contributed by atoms with E-state index in [2.05, 4.69) is 15.2 Å². The van der Waals surface area contributed by atoms with Crippen molar-refractivity contribution in [3.63, 3.8) is 0 Å². The van der Waals surface area contributed by atoms with Gasteiger partial charge in [0.05, 0.1) is 17.7 Å². The van der Waals surface area contributed by atoms with Crippen LogP contribution in [-0.2, 0) is 4.74 Å². The Hall–Kier alpha value is -1.66. The largest absolute Gasteiger partial charge is 0.384 e. The van der Waals surface area contributed by atoms with Crippen LogP contribution < -0.4 is 11.1 Å².